The average molecular weight is 232 g/mol. The molecule has 5 nitrogen and oxygen atoms in total. The number of hydrogen-bond donors (Lipinski definition) is 1. The molecule has 0 aliphatic rings. The maximum atomic E-state index is 11.7. The van der Waals surface area contributed by atoms with Crippen LogP contribution in [-0.4, -0.2) is 17.5 Å². The third-order valence-corrected chi connectivity index (χ3v) is 2.04. The SMILES string of the molecule is CCOc1cccc(NC(=O)c2ccoc2)n1. The van der Waals surface area contributed by atoms with Crippen molar-refractivity contribution in [2.45, 2.75) is 6.92 Å². The first-order valence-corrected chi connectivity index (χ1v) is 5.23. The zero-order valence-electron chi connectivity index (χ0n) is 9.34. The van der Waals surface area contributed by atoms with Gasteiger partial charge in [-0.2, -0.15) is 4.98 Å². The van der Waals surface area contributed by atoms with E-state index < -0.39 is 0 Å². The smallest absolute Gasteiger partial charge is 0.260 e. The summed E-state index contributed by atoms with van der Waals surface area (Å²) in [6.07, 6.45) is 2.82. The molecule has 0 radical (unpaired) electrons. The molecular weight excluding hydrogens is 220 g/mol. The molecule has 0 atom stereocenters. The number of nitrogens with zero attached hydrogens (tertiary/aromatic N) is 1. The third kappa shape index (κ3) is 2.84. The van der Waals surface area contributed by atoms with Gasteiger partial charge in [0, 0.05) is 6.07 Å². The second-order valence-corrected chi connectivity index (χ2v) is 3.26. The fraction of sp³-hybridized carbons (Fsp3) is 0.167. The van der Waals surface area contributed by atoms with Gasteiger partial charge in [0.25, 0.3) is 5.91 Å². The molecule has 5 heteroatoms. The van der Waals surface area contributed by atoms with E-state index in [1.165, 1.54) is 12.5 Å². The zero-order chi connectivity index (χ0) is 12.1. The number of amides is 1. The van der Waals surface area contributed by atoms with E-state index in [9.17, 15) is 4.79 Å². The molecule has 88 valence electrons. The Morgan fingerprint density at radius 1 is 1.47 bits per heavy atom. The third-order valence-electron chi connectivity index (χ3n) is 2.04. The lowest BCUT2D eigenvalue weighted by atomic mass is 10.3. The lowest BCUT2D eigenvalue weighted by Crippen LogP contribution is -2.12. The number of carbonyl (C=O) groups is 1. The van der Waals surface area contributed by atoms with E-state index in [0.29, 0.717) is 23.9 Å². The summed E-state index contributed by atoms with van der Waals surface area (Å²) >= 11 is 0. The van der Waals surface area contributed by atoms with Crippen LogP contribution in [0.3, 0.4) is 0 Å². The first kappa shape index (κ1) is 11.2. The van der Waals surface area contributed by atoms with Crippen LogP contribution in [0.25, 0.3) is 0 Å². The van der Waals surface area contributed by atoms with Crippen LogP contribution in [-0.2, 0) is 0 Å². The fourth-order valence-corrected chi connectivity index (χ4v) is 1.29. The van der Waals surface area contributed by atoms with Crippen molar-refractivity contribution >= 4 is 11.7 Å². The minimum Gasteiger partial charge on any atom is -0.478 e. The number of nitrogens with one attached hydrogen (secondary N) is 1. The van der Waals surface area contributed by atoms with Gasteiger partial charge in [-0.1, -0.05) is 6.07 Å². The summed E-state index contributed by atoms with van der Waals surface area (Å²) in [6.45, 7) is 2.41. The van der Waals surface area contributed by atoms with Crippen LogP contribution >= 0.6 is 0 Å². The Kier molecular flexibility index (Phi) is 3.40. The van der Waals surface area contributed by atoms with E-state index in [4.69, 9.17) is 9.15 Å². The number of hydrogen-bond acceptors (Lipinski definition) is 4. The molecule has 0 fully saturated rings. The van der Waals surface area contributed by atoms with Gasteiger partial charge >= 0.3 is 0 Å². The molecule has 1 amide bonds. The molecule has 0 saturated heterocycles. The van der Waals surface area contributed by atoms with E-state index in [2.05, 4.69) is 10.3 Å². The van der Waals surface area contributed by atoms with E-state index in [0.717, 1.165) is 0 Å². The molecule has 0 bridgehead atoms. The molecule has 0 unspecified atom stereocenters. The van der Waals surface area contributed by atoms with Crippen molar-refractivity contribution in [1.82, 2.24) is 4.98 Å². The number of rotatable bonds is 4. The highest BCUT2D eigenvalue weighted by molar-refractivity contribution is 6.03. The second-order valence-electron chi connectivity index (χ2n) is 3.26. The quantitative estimate of drug-likeness (QED) is 0.878. The Hall–Kier alpha value is -2.30. The minimum atomic E-state index is -0.264. The summed E-state index contributed by atoms with van der Waals surface area (Å²) in [5.41, 5.74) is 0.452. The van der Waals surface area contributed by atoms with Gasteiger partial charge in [-0.05, 0) is 19.1 Å². The van der Waals surface area contributed by atoms with Crippen LogP contribution in [0.15, 0.2) is 41.2 Å². The molecule has 2 aromatic rings. The van der Waals surface area contributed by atoms with E-state index in [1.807, 2.05) is 6.92 Å². The van der Waals surface area contributed by atoms with Crippen molar-refractivity contribution < 1.29 is 13.9 Å². The summed E-state index contributed by atoms with van der Waals surface area (Å²) in [5.74, 6) is 0.666. The van der Waals surface area contributed by atoms with Crippen LogP contribution in [0.2, 0.25) is 0 Å². The van der Waals surface area contributed by atoms with E-state index in [-0.39, 0.29) is 5.91 Å². The molecule has 2 rings (SSSR count). The number of furan rings is 1. The molecule has 2 heterocycles. The van der Waals surface area contributed by atoms with E-state index >= 15 is 0 Å². The highest BCUT2D eigenvalue weighted by Gasteiger charge is 2.08. The molecular formula is C12H12N2O3. The molecule has 0 aromatic carbocycles. The predicted molar refractivity (Wildman–Crippen MR) is 62.1 cm³/mol. The van der Waals surface area contributed by atoms with E-state index in [1.54, 1.807) is 24.3 Å². The van der Waals surface area contributed by atoms with Gasteiger partial charge < -0.3 is 14.5 Å². The Balaban J connectivity index is 2.08. The van der Waals surface area contributed by atoms with Gasteiger partial charge in [-0.25, -0.2) is 0 Å². The van der Waals surface area contributed by atoms with Crippen LogP contribution in [0, 0.1) is 0 Å². The first-order chi connectivity index (χ1) is 8.29. The monoisotopic (exact) mass is 232 g/mol. The van der Waals surface area contributed by atoms with Crippen LogP contribution in [0.4, 0.5) is 5.82 Å². The standard InChI is InChI=1S/C12H12N2O3/c1-2-17-11-5-3-4-10(13-11)14-12(15)9-6-7-16-8-9/h3-8H,2H2,1H3,(H,13,14,15). The normalized spacial score (nSPS) is 9.94. The average Bonchev–Trinajstić information content (AvgIpc) is 2.83. The largest absolute Gasteiger partial charge is 0.478 e. The number of ether oxygens (including phenoxy) is 1. The topological polar surface area (TPSA) is 64.4 Å². The lowest BCUT2D eigenvalue weighted by Gasteiger charge is -2.05. The van der Waals surface area contributed by atoms with Crippen LogP contribution < -0.4 is 10.1 Å². The molecule has 0 aliphatic heterocycles. The summed E-state index contributed by atoms with van der Waals surface area (Å²) < 4.78 is 10.1. The minimum absolute atomic E-state index is 0.264. The molecule has 0 spiro atoms. The molecule has 0 saturated carbocycles. The van der Waals surface area contributed by atoms with Gasteiger partial charge in [0.15, 0.2) is 0 Å². The maximum Gasteiger partial charge on any atom is 0.260 e. The van der Waals surface area contributed by atoms with Crippen LogP contribution in [0.5, 0.6) is 5.88 Å². The summed E-state index contributed by atoms with van der Waals surface area (Å²) in [7, 11) is 0. The van der Waals surface area contributed by atoms with Crippen molar-refractivity contribution in [2.24, 2.45) is 0 Å². The lowest BCUT2D eigenvalue weighted by molar-refractivity contribution is 0.102. The Bertz CT molecular complexity index is 494. The highest BCUT2D eigenvalue weighted by atomic mass is 16.5. The number of carbonyl (C=O) groups excluding carboxylic acids is 1. The summed E-state index contributed by atoms with van der Waals surface area (Å²) in [6, 6.07) is 6.78. The van der Waals surface area contributed by atoms with Crippen molar-refractivity contribution in [3.63, 3.8) is 0 Å². The molecule has 1 N–H and O–H groups in total. The van der Waals surface area contributed by atoms with Gasteiger partial charge in [0.2, 0.25) is 5.88 Å². The van der Waals surface area contributed by atoms with Crippen LogP contribution in [0.1, 0.15) is 17.3 Å². The fourth-order valence-electron chi connectivity index (χ4n) is 1.29. The van der Waals surface area contributed by atoms with Gasteiger partial charge in [0.05, 0.1) is 18.4 Å². The van der Waals surface area contributed by atoms with Gasteiger partial charge in [0.1, 0.15) is 12.1 Å². The Morgan fingerprint density at radius 2 is 2.35 bits per heavy atom. The molecule has 2 aromatic heterocycles. The molecule has 0 aliphatic carbocycles. The first-order valence-electron chi connectivity index (χ1n) is 5.23. The van der Waals surface area contributed by atoms with Crippen molar-refractivity contribution in [3.8, 4) is 5.88 Å². The maximum absolute atomic E-state index is 11.7. The summed E-state index contributed by atoms with van der Waals surface area (Å²) in [5, 5.41) is 2.65. The zero-order valence-corrected chi connectivity index (χ0v) is 9.34. The van der Waals surface area contributed by atoms with Gasteiger partial charge in [-0.15, -0.1) is 0 Å². The molecule has 17 heavy (non-hydrogen) atoms. The number of aromatic nitrogens is 1. The predicted octanol–water partition coefficient (Wildman–Crippen LogP) is 2.33. The number of pyridine rings is 1. The van der Waals surface area contributed by atoms with Crippen molar-refractivity contribution in [2.75, 3.05) is 11.9 Å². The Labute approximate surface area is 98.4 Å². The highest BCUT2D eigenvalue weighted by Crippen LogP contribution is 2.12. The van der Waals surface area contributed by atoms with Gasteiger partial charge in [-0.3, -0.25) is 4.79 Å². The second kappa shape index (κ2) is 5.16. The van der Waals surface area contributed by atoms with Crippen molar-refractivity contribution in [1.29, 1.82) is 0 Å². The summed E-state index contributed by atoms with van der Waals surface area (Å²) in [4.78, 5) is 15.8. The Morgan fingerprint density at radius 3 is 3.06 bits per heavy atom. The van der Waals surface area contributed by atoms with Crippen molar-refractivity contribution in [3.05, 3.63) is 42.4 Å². The number of anilines is 1.